The number of ether oxygens (including phenoxy) is 1. The number of aromatic nitrogens is 1. The van der Waals surface area contributed by atoms with Gasteiger partial charge in [-0.2, -0.15) is 0 Å². The van der Waals surface area contributed by atoms with E-state index in [-0.39, 0.29) is 5.76 Å². The first-order valence-corrected chi connectivity index (χ1v) is 5.84. The molecule has 1 aromatic carbocycles. The van der Waals surface area contributed by atoms with E-state index in [2.05, 4.69) is 4.98 Å². The molecule has 0 bridgehead atoms. The van der Waals surface area contributed by atoms with Crippen LogP contribution in [0.1, 0.15) is 29.5 Å². The lowest BCUT2D eigenvalue weighted by atomic mass is 10.3. The van der Waals surface area contributed by atoms with Crippen molar-refractivity contribution in [2.45, 2.75) is 13.0 Å². The molecule has 0 N–H and O–H groups in total. The number of hydrogen-bond acceptors (Lipinski definition) is 5. The van der Waals surface area contributed by atoms with Gasteiger partial charge in [0.05, 0.1) is 6.26 Å². The molecule has 0 amide bonds. The second-order valence-corrected chi connectivity index (χ2v) is 4.04. The van der Waals surface area contributed by atoms with Crippen molar-refractivity contribution in [2.24, 2.45) is 0 Å². The number of oxazole rings is 1. The second kappa shape index (κ2) is 4.61. The van der Waals surface area contributed by atoms with Gasteiger partial charge < -0.3 is 13.6 Å². The molecule has 0 radical (unpaired) electrons. The van der Waals surface area contributed by atoms with Crippen molar-refractivity contribution in [1.29, 1.82) is 0 Å². The molecule has 0 fully saturated rings. The Kier molecular flexibility index (Phi) is 2.79. The summed E-state index contributed by atoms with van der Waals surface area (Å²) in [7, 11) is 0. The molecule has 0 saturated heterocycles. The lowest BCUT2D eigenvalue weighted by Crippen LogP contribution is -2.08. The maximum absolute atomic E-state index is 11.7. The highest BCUT2D eigenvalue weighted by Gasteiger charge is 2.20. The van der Waals surface area contributed by atoms with Crippen molar-refractivity contribution in [3.63, 3.8) is 0 Å². The fraction of sp³-hybridized carbons (Fsp3) is 0.143. The summed E-state index contributed by atoms with van der Waals surface area (Å²) >= 11 is 0. The van der Waals surface area contributed by atoms with Crippen LogP contribution in [-0.4, -0.2) is 11.0 Å². The second-order valence-electron chi connectivity index (χ2n) is 4.04. The van der Waals surface area contributed by atoms with Crippen LogP contribution < -0.4 is 0 Å². The number of furan rings is 1. The molecule has 1 atom stereocenters. The van der Waals surface area contributed by atoms with Crippen molar-refractivity contribution in [2.75, 3.05) is 0 Å². The van der Waals surface area contributed by atoms with Gasteiger partial charge in [0.2, 0.25) is 11.7 Å². The highest BCUT2D eigenvalue weighted by atomic mass is 16.6. The first kappa shape index (κ1) is 11.5. The van der Waals surface area contributed by atoms with Gasteiger partial charge in [0, 0.05) is 0 Å². The fourth-order valence-corrected chi connectivity index (χ4v) is 1.73. The van der Waals surface area contributed by atoms with Crippen molar-refractivity contribution in [1.82, 2.24) is 4.98 Å². The number of hydrogen-bond donors (Lipinski definition) is 0. The number of benzene rings is 1. The summed E-state index contributed by atoms with van der Waals surface area (Å²) in [6.07, 6.45) is 0.839. The predicted octanol–water partition coefficient (Wildman–Crippen LogP) is 3.34. The molecule has 0 aliphatic heterocycles. The predicted molar refractivity (Wildman–Crippen MR) is 66.5 cm³/mol. The van der Waals surface area contributed by atoms with E-state index in [1.165, 1.54) is 6.26 Å². The number of carbonyl (C=O) groups is 1. The summed E-state index contributed by atoms with van der Waals surface area (Å²) in [5.41, 5.74) is 1.40. The van der Waals surface area contributed by atoms with Gasteiger partial charge in [0.15, 0.2) is 11.7 Å². The minimum Gasteiger partial charge on any atom is -0.457 e. The van der Waals surface area contributed by atoms with Crippen molar-refractivity contribution < 1.29 is 18.4 Å². The zero-order valence-corrected chi connectivity index (χ0v) is 10.2. The first-order chi connectivity index (χ1) is 9.24. The minimum atomic E-state index is -0.579. The number of carbonyl (C=O) groups excluding carboxylic acids is 1. The van der Waals surface area contributed by atoms with E-state index >= 15 is 0 Å². The summed E-state index contributed by atoms with van der Waals surface area (Å²) in [5.74, 6) is -0.0242. The SMILES string of the molecule is C[C@H](OC(=O)c1ccco1)c1nc2ccccc2o1. The first-order valence-electron chi connectivity index (χ1n) is 5.84. The van der Waals surface area contributed by atoms with Crippen LogP contribution in [0.4, 0.5) is 0 Å². The van der Waals surface area contributed by atoms with Gasteiger partial charge in [-0.15, -0.1) is 0 Å². The van der Waals surface area contributed by atoms with Crippen LogP contribution in [-0.2, 0) is 4.74 Å². The third kappa shape index (κ3) is 2.22. The van der Waals surface area contributed by atoms with Crippen LogP contribution in [0.25, 0.3) is 11.1 Å². The smallest absolute Gasteiger partial charge is 0.374 e. The van der Waals surface area contributed by atoms with E-state index in [1.54, 1.807) is 19.1 Å². The van der Waals surface area contributed by atoms with Crippen molar-refractivity contribution >= 4 is 17.1 Å². The molecule has 5 nitrogen and oxygen atoms in total. The van der Waals surface area contributed by atoms with Gasteiger partial charge in [-0.3, -0.25) is 0 Å². The molecular weight excluding hydrogens is 246 g/mol. The van der Waals surface area contributed by atoms with E-state index in [1.807, 2.05) is 24.3 Å². The third-order valence-electron chi connectivity index (χ3n) is 2.66. The van der Waals surface area contributed by atoms with Gasteiger partial charge in [0.1, 0.15) is 5.52 Å². The number of esters is 1. The molecule has 0 aliphatic carbocycles. The van der Waals surface area contributed by atoms with E-state index in [0.29, 0.717) is 11.5 Å². The summed E-state index contributed by atoms with van der Waals surface area (Å²) in [6.45, 7) is 1.70. The van der Waals surface area contributed by atoms with E-state index < -0.39 is 12.1 Å². The van der Waals surface area contributed by atoms with E-state index in [4.69, 9.17) is 13.6 Å². The molecule has 96 valence electrons. The molecule has 19 heavy (non-hydrogen) atoms. The molecular formula is C14H11NO4. The van der Waals surface area contributed by atoms with Crippen LogP contribution in [0.15, 0.2) is 51.5 Å². The number of para-hydroxylation sites is 2. The average Bonchev–Trinajstić information content (AvgIpc) is 3.07. The third-order valence-corrected chi connectivity index (χ3v) is 2.66. The number of rotatable bonds is 3. The zero-order valence-electron chi connectivity index (χ0n) is 10.2. The molecule has 5 heteroatoms. The summed E-state index contributed by atoms with van der Waals surface area (Å²) in [4.78, 5) is 16.0. The van der Waals surface area contributed by atoms with Crippen LogP contribution >= 0.6 is 0 Å². The molecule has 3 rings (SSSR count). The monoisotopic (exact) mass is 257 g/mol. The number of fused-ring (bicyclic) bond motifs is 1. The maximum atomic E-state index is 11.7. The average molecular weight is 257 g/mol. The van der Waals surface area contributed by atoms with Gasteiger partial charge in [-0.1, -0.05) is 12.1 Å². The van der Waals surface area contributed by atoms with Crippen LogP contribution in [0, 0.1) is 0 Å². The van der Waals surface area contributed by atoms with E-state index in [9.17, 15) is 4.79 Å². The molecule has 3 aromatic rings. The highest BCUT2D eigenvalue weighted by molar-refractivity contribution is 5.86. The quantitative estimate of drug-likeness (QED) is 0.673. The molecule has 2 heterocycles. The Morgan fingerprint density at radius 1 is 1.26 bits per heavy atom. The lowest BCUT2D eigenvalue weighted by Gasteiger charge is -2.07. The number of nitrogens with zero attached hydrogens (tertiary/aromatic N) is 1. The molecule has 0 saturated carbocycles. The standard InChI is InChI=1S/C14H11NO4/c1-9(18-14(16)12-7-4-8-17-12)13-15-10-5-2-3-6-11(10)19-13/h2-9H,1H3/t9-/m0/s1. The maximum Gasteiger partial charge on any atom is 0.374 e. The topological polar surface area (TPSA) is 65.5 Å². The minimum absolute atomic E-state index is 0.156. The Balaban J connectivity index is 1.80. The van der Waals surface area contributed by atoms with Gasteiger partial charge in [0.25, 0.3) is 0 Å². The largest absolute Gasteiger partial charge is 0.457 e. The molecule has 2 aromatic heterocycles. The Hall–Kier alpha value is -2.56. The van der Waals surface area contributed by atoms with Gasteiger partial charge >= 0.3 is 5.97 Å². The highest BCUT2D eigenvalue weighted by Crippen LogP contribution is 2.22. The Labute approximate surface area is 108 Å². The Bertz CT molecular complexity index is 666. The summed E-state index contributed by atoms with van der Waals surface area (Å²) in [5, 5.41) is 0. The van der Waals surface area contributed by atoms with E-state index in [0.717, 1.165) is 5.52 Å². The summed E-state index contributed by atoms with van der Waals surface area (Å²) < 4.78 is 15.7. The van der Waals surface area contributed by atoms with Gasteiger partial charge in [-0.25, -0.2) is 9.78 Å². The molecule has 0 spiro atoms. The molecule has 0 unspecified atom stereocenters. The normalized spacial score (nSPS) is 12.5. The molecule has 0 aliphatic rings. The van der Waals surface area contributed by atoms with Gasteiger partial charge in [-0.05, 0) is 31.2 Å². The van der Waals surface area contributed by atoms with Crippen LogP contribution in [0.2, 0.25) is 0 Å². The van der Waals surface area contributed by atoms with Crippen LogP contribution in [0.3, 0.4) is 0 Å². The zero-order chi connectivity index (χ0) is 13.2. The van der Waals surface area contributed by atoms with Crippen molar-refractivity contribution in [3.05, 3.63) is 54.3 Å². The Morgan fingerprint density at radius 3 is 2.84 bits per heavy atom. The lowest BCUT2D eigenvalue weighted by molar-refractivity contribution is 0.0247. The Morgan fingerprint density at radius 2 is 2.11 bits per heavy atom. The summed E-state index contributed by atoms with van der Waals surface area (Å²) in [6, 6.07) is 10.5. The van der Waals surface area contributed by atoms with Crippen molar-refractivity contribution in [3.8, 4) is 0 Å². The van der Waals surface area contributed by atoms with Crippen LogP contribution in [0.5, 0.6) is 0 Å². The fourth-order valence-electron chi connectivity index (χ4n) is 1.73.